The fraction of sp³-hybridized carbons (Fsp3) is 0.757. The smallest absolute Gasteiger partial charge is 0.307 e. The number of ether oxygens (including phenoxy) is 2. The molecule has 59 heavy (non-hydrogen) atoms. The summed E-state index contributed by atoms with van der Waals surface area (Å²) in [7, 11) is -4.13. The van der Waals surface area contributed by atoms with Gasteiger partial charge in [0.1, 0.15) is 18.3 Å². The molecule has 1 aromatic heterocycles. The predicted molar refractivity (Wildman–Crippen MR) is 212 cm³/mol. The van der Waals surface area contributed by atoms with E-state index >= 15 is 0 Å². The molecule has 1 aromatic rings. The lowest BCUT2D eigenvalue weighted by Gasteiger charge is -2.32. The maximum absolute atomic E-state index is 14.0. The van der Waals surface area contributed by atoms with Gasteiger partial charge in [-0.25, -0.2) is 4.68 Å². The zero-order chi connectivity index (χ0) is 44.3. The first kappa shape index (κ1) is 50.6. The first-order valence-electron chi connectivity index (χ1n) is 19.8. The van der Waals surface area contributed by atoms with Crippen molar-refractivity contribution < 1.29 is 55.6 Å². The Bertz CT molecular complexity index is 1700. The van der Waals surface area contributed by atoms with Crippen molar-refractivity contribution in [2.75, 3.05) is 58.8 Å². The molecule has 0 aromatic carbocycles. The normalized spacial score (nSPS) is 16.0. The molecule has 21 nitrogen and oxygen atoms in total. The van der Waals surface area contributed by atoms with Gasteiger partial charge in [0.05, 0.1) is 70.3 Å². The number of aromatic nitrogens is 3. The summed E-state index contributed by atoms with van der Waals surface area (Å²) in [5, 5.41) is 20.8. The summed E-state index contributed by atoms with van der Waals surface area (Å²) in [5.74, 6) is -5.13. The summed E-state index contributed by atoms with van der Waals surface area (Å²) in [6.07, 6.45) is 2.71. The van der Waals surface area contributed by atoms with Crippen LogP contribution in [0.15, 0.2) is 6.20 Å². The standard InChI is InChI=1S/C37H63N9O12S/c1-9-26(6)46-21-27(43-44-46)18-38-30(47)10-11-34(51)58-37(7,23-57-59(8,54)55)35(52)28(16-24(2)3)41-32(49)20-40-36(53)29(17-25(4)5)42-31(48)19-39-33(50)22-45-12-14-56-15-13-45/h21,24-26,28-29H,9-20,22-23H2,1-8H3,(H,38,47)(H,39,50)(H,40,53)(H,41,49)(H,42,48)/t26?,28-,29-,37?/m0/s1. The topological polar surface area (TPSA) is 275 Å². The Labute approximate surface area is 346 Å². The average Bonchev–Trinajstić information content (AvgIpc) is 3.64. The fourth-order valence-electron chi connectivity index (χ4n) is 5.72. The van der Waals surface area contributed by atoms with Crippen LogP contribution in [0.3, 0.4) is 0 Å². The fourth-order valence-corrected chi connectivity index (χ4v) is 6.15. The molecule has 1 aliphatic heterocycles. The number of hydrogen-bond donors (Lipinski definition) is 5. The molecular weight excluding hydrogens is 795 g/mol. The van der Waals surface area contributed by atoms with E-state index < -0.39 is 82.8 Å². The monoisotopic (exact) mass is 857 g/mol. The van der Waals surface area contributed by atoms with Crippen LogP contribution in [-0.2, 0) is 63.9 Å². The highest BCUT2D eigenvalue weighted by molar-refractivity contribution is 7.86. The van der Waals surface area contributed by atoms with Crippen LogP contribution in [0.1, 0.15) is 92.3 Å². The average molecular weight is 858 g/mol. The number of nitrogens with zero attached hydrogens (tertiary/aromatic N) is 4. The van der Waals surface area contributed by atoms with Crippen molar-refractivity contribution in [2.45, 2.75) is 111 Å². The second-order valence-electron chi connectivity index (χ2n) is 15.6. The van der Waals surface area contributed by atoms with Gasteiger partial charge in [-0.2, -0.15) is 8.42 Å². The maximum atomic E-state index is 14.0. The zero-order valence-electron chi connectivity index (χ0n) is 35.5. The van der Waals surface area contributed by atoms with Gasteiger partial charge in [-0.15, -0.1) is 5.10 Å². The molecule has 2 unspecified atom stereocenters. The highest BCUT2D eigenvalue weighted by Gasteiger charge is 2.43. The van der Waals surface area contributed by atoms with E-state index in [2.05, 4.69) is 36.9 Å². The van der Waals surface area contributed by atoms with Crippen LogP contribution in [-0.4, -0.2) is 146 Å². The molecule has 0 aliphatic carbocycles. The Balaban J connectivity index is 2.04. The summed E-state index contributed by atoms with van der Waals surface area (Å²) in [4.78, 5) is 92.9. The molecule has 0 spiro atoms. The van der Waals surface area contributed by atoms with E-state index in [1.807, 2.05) is 32.6 Å². The van der Waals surface area contributed by atoms with E-state index in [0.29, 0.717) is 32.0 Å². The number of hydrogen-bond acceptors (Lipinski definition) is 15. The number of ketones is 1. The number of rotatable bonds is 26. The quantitative estimate of drug-likeness (QED) is 0.0559. The van der Waals surface area contributed by atoms with Gasteiger partial charge in [0.15, 0.2) is 5.60 Å². The van der Waals surface area contributed by atoms with Crippen molar-refractivity contribution in [3.05, 3.63) is 11.9 Å². The van der Waals surface area contributed by atoms with Crippen molar-refractivity contribution in [3.63, 3.8) is 0 Å². The Morgan fingerprint density at radius 3 is 2.03 bits per heavy atom. The minimum absolute atomic E-state index is 0.0257. The van der Waals surface area contributed by atoms with Crippen LogP contribution < -0.4 is 26.6 Å². The summed E-state index contributed by atoms with van der Waals surface area (Å²) in [5.41, 5.74) is -1.72. The number of amides is 5. The summed E-state index contributed by atoms with van der Waals surface area (Å²) >= 11 is 0. The van der Waals surface area contributed by atoms with E-state index in [9.17, 15) is 42.0 Å². The van der Waals surface area contributed by atoms with Gasteiger partial charge in [0, 0.05) is 19.5 Å². The molecule has 0 radical (unpaired) electrons. The largest absolute Gasteiger partial charge is 0.449 e. The van der Waals surface area contributed by atoms with E-state index in [-0.39, 0.29) is 62.7 Å². The third kappa shape index (κ3) is 19.8. The van der Waals surface area contributed by atoms with Crippen LogP contribution >= 0.6 is 0 Å². The second-order valence-corrected chi connectivity index (χ2v) is 17.3. The van der Waals surface area contributed by atoms with E-state index in [1.54, 1.807) is 24.7 Å². The van der Waals surface area contributed by atoms with Gasteiger partial charge in [-0.1, -0.05) is 39.8 Å². The molecular formula is C37H63N9O12S. The van der Waals surface area contributed by atoms with Crippen molar-refractivity contribution in [3.8, 4) is 0 Å². The Morgan fingerprint density at radius 1 is 0.847 bits per heavy atom. The highest BCUT2D eigenvalue weighted by atomic mass is 32.2. The van der Waals surface area contributed by atoms with Crippen LogP contribution in [0.4, 0.5) is 0 Å². The van der Waals surface area contributed by atoms with Gasteiger partial charge in [-0.3, -0.25) is 42.6 Å². The zero-order valence-corrected chi connectivity index (χ0v) is 36.3. The molecule has 0 bridgehead atoms. The van der Waals surface area contributed by atoms with Crippen molar-refractivity contribution in [1.29, 1.82) is 0 Å². The van der Waals surface area contributed by atoms with E-state index in [4.69, 9.17) is 13.7 Å². The highest BCUT2D eigenvalue weighted by Crippen LogP contribution is 2.21. The van der Waals surface area contributed by atoms with Crippen LogP contribution in [0, 0.1) is 11.8 Å². The molecule has 4 atom stereocenters. The molecule has 334 valence electrons. The Kier molecular flexibility index (Phi) is 21.0. The van der Waals surface area contributed by atoms with Crippen molar-refractivity contribution in [2.24, 2.45) is 11.8 Å². The maximum Gasteiger partial charge on any atom is 0.307 e. The van der Waals surface area contributed by atoms with Gasteiger partial charge >= 0.3 is 5.97 Å². The van der Waals surface area contributed by atoms with Gasteiger partial charge < -0.3 is 36.1 Å². The Hall–Kier alpha value is -4.54. The minimum Gasteiger partial charge on any atom is -0.449 e. The minimum atomic E-state index is -4.13. The van der Waals surface area contributed by atoms with Crippen molar-refractivity contribution in [1.82, 2.24) is 46.5 Å². The SMILES string of the molecule is CCC(C)n1cc(CNC(=O)CCC(=O)OC(C)(COS(C)(=O)=O)C(=O)[C@H](CC(C)C)NC(=O)CNC(=O)[C@H](CC(C)C)NC(=O)CNC(=O)CN2CCOCC2)nn1. The van der Waals surface area contributed by atoms with Crippen LogP contribution in [0.5, 0.6) is 0 Å². The molecule has 5 N–H and O–H groups in total. The van der Waals surface area contributed by atoms with Crippen LogP contribution in [0.25, 0.3) is 0 Å². The number of morpholine rings is 1. The van der Waals surface area contributed by atoms with E-state index in [0.717, 1.165) is 19.6 Å². The molecule has 0 saturated carbocycles. The third-order valence-corrected chi connectivity index (χ3v) is 9.64. The van der Waals surface area contributed by atoms with Crippen molar-refractivity contribution >= 4 is 51.4 Å². The molecule has 2 heterocycles. The molecule has 1 fully saturated rings. The first-order chi connectivity index (χ1) is 27.6. The van der Waals surface area contributed by atoms with Gasteiger partial charge in [0.2, 0.25) is 35.3 Å². The lowest BCUT2D eigenvalue weighted by Crippen LogP contribution is -2.57. The summed E-state index contributed by atoms with van der Waals surface area (Å²) in [6.45, 7) is 12.8. The molecule has 5 amide bonds. The third-order valence-electron chi connectivity index (χ3n) is 9.09. The number of carbonyl (C=O) groups is 7. The molecule has 1 saturated heterocycles. The molecule has 2 rings (SSSR count). The lowest BCUT2D eigenvalue weighted by atomic mass is 9.90. The second kappa shape index (κ2) is 24.5. The predicted octanol–water partition coefficient (Wildman–Crippen LogP) is -0.881. The first-order valence-corrected chi connectivity index (χ1v) is 21.6. The molecule has 1 aliphatic rings. The Morgan fingerprint density at radius 2 is 1.44 bits per heavy atom. The number of carbonyl (C=O) groups excluding carboxylic acids is 7. The molecule has 22 heteroatoms. The van der Waals surface area contributed by atoms with Gasteiger partial charge in [0.25, 0.3) is 10.1 Å². The lowest BCUT2D eigenvalue weighted by molar-refractivity contribution is -0.170. The van der Waals surface area contributed by atoms with E-state index in [1.165, 1.54) is 0 Å². The summed E-state index contributed by atoms with van der Waals surface area (Å²) in [6, 6.07) is -2.27. The number of Topliss-reactive ketones (excluding diaryl/α,β-unsaturated/α-hetero) is 1. The van der Waals surface area contributed by atoms with Crippen LogP contribution in [0.2, 0.25) is 0 Å². The van der Waals surface area contributed by atoms with Gasteiger partial charge in [-0.05, 0) is 44.9 Å². The summed E-state index contributed by atoms with van der Waals surface area (Å²) < 4.78 is 41.2. The number of nitrogens with one attached hydrogen (secondary N) is 5. The number of esters is 1.